The first-order valence-corrected chi connectivity index (χ1v) is 11.3. The number of nitrogens with one attached hydrogen (secondary N) is 1. The van der Waals surface area contributed by atoms with Crippen molar-refractivity contribution in [3.05, 3.63) is 35.4 Å². The van der Waals surface area contributed by atoms with Crippen molar-refractivity contribution in [2.75, 3.05) is 75.5 Å². The molecule has 1 heterocycles. The molecule has 0 aromatic heterocycles. The molecule has 0 unspecified atom stereocenters. The maximum Gasteiger partial charge on any atom is 0.254 e. The van der Waals surface area contributed by atoms with Crippen LogP contribution in [0.15, 0.2) is 24.3 Å². The zero-order chi connectivity index (χ0) is 26.2. The van der Waals surface area contributed by atoms with Crippen LogP contribution in [0.1, 0.15) is 20.7 Å². The average molecular weight is 504 g/mol. The highest BCUT2D eigenvalue weighted by Crippen LogP contribution is 2.39. The zero-order valence-electron chi connectivity index (χ0n) is 21.5. The minimum absolute atomic E-state index is 0.129. The number of nitrogens with zero attached hydrogens (tertiary/aromatic N) is 2. The SMILES string of the molecule is COc1cc(C(=O)NCN2CCN(C(=O)c3cc(OC)c(OC)c(OC)c3)CC2)cc(OC)c1OC. The minimum Gasteiger partial charge on any atom is -0.493 e. The normalized spacial score (nSPS) is 13.6. The Morgan fingerprint density at radius 3 is 1.47 bits per heavy atom. The third-order valence-corrected chi connectivity index (χ3v) is 5.96. The Morgan fingerprint density at radius 2 is 1.08 bits per heavy atom. The lowest BCUT2D eigenvalue weighted by Crippen LogP contribution is -2.51. The number of amides is 2. The number of piperazine rings is 1. The molecule has 0 atom stereocenters. The number of ether oxygens (including phenoxy) is 6. The molecular formula is C25H33N3O8. The lowest BCUT2D eigenvalue weighted by Gasteiger charge is -2.34. The van der Waals surface area contributed by atoms with Crippen LogP contribution in [-0.2, 0) is 0 Å². The second-order valence-corrected chi connectivity index (χ2v) is 7.90. The molecule has 196 valence electrons. The fourth-order valence-corrected chi connectivity index (χ4v) is 3.99. The first kappa shape index (κ1) is 26.7. The quantitative estimate of drug-likeness (QED) is 0.520. The summed E-state index contributed by atoms with van der Waals surface area (Å²) < 4.78 is 32.0. The Kier molecular flexibility index (Phi) is 9.07. The van der Waals surface area contributed by atoms with Crippen molar-refractivity contribution < 1.29 is 38.0 Å². The van der Waals surface area contributed by atoms with Crippen molar-refractivity contribution >= 4 is 11.8 Å². The third-order valence-electron chi connectivity index (χ3n) is 5.96. The lowest BCUT2D eigenvalue weighted by atomic mass is 10.1. The van der Waals surface area contributed by atoms with E-state index < -0.39 is 0 Å². The maximum atomic E-state index is 13.1. The van der Waals surface area contributed by atoms with Crippen LogP contribution in [0.4, 0.5) is 0 Å². The molecule has 1 saturated heterocycles. The van der Waals surface area contributed by atoms with Crippen molar-refractivity contribution in [2.45, 2.75) is 0 Å². The van der Waals surface area contributed by atoms with E-state index in [-0.39, 0.29) is 11.8 Å². The topological polar surface area (TPSA) is 108 Å². The summed E-state index contributed by atoms with van der Waals surface area (Å²) in [6.45, 7) is 2.56. The predicted octanol–water partition coefficient (Wildman–Crippen LogP) is 1.88. The van der Waals surface area contributed by atoms with Crippen LogP contribution in [0, 0.1) is 0 Å². The third kappa shape index (κ3) is 5.68. The molecule has 0 radical (unpaired) electrons. The standard InChI is InChI=1S/C25H33N3O8/c1-31-18-11-16(12-19(32-2)22(18)35-5)24(29)26-15-27-7-9-28(10-8-27)25(30)17-13-20(33-3)23(36-6)21(14-17)34-4/h11-14H,7-10,15H2,1-6H3,(H,26,29). The van der Waals surface area contributed by atoms with Crippen LogP contribution in [0.2, 0.25) is 0 Å². The molecule has 0 saturated carbocycles. The summed E-state index contributed by atoms with van der Waals surface area (Å²) in [5.74, 6) is 2.11. The van der Waals surface area contributed by atoms with Gasteiger partial charge in [-0.25, -0.2) is 0 Å². The van der Waals surface area contributed by atoms with Gasteiger partial charge in [0, 0.05) is 37.3 Å². The van der Waals surface area contributed by atoms with Crippen molar-refractivity contribution in [1.82, 2.24) is 15.1 Å². The van der Waals surface area contributed by atoms with Crippen LogP contribution in [-0.4, -0.2) is 97.1 Å². The van der Waals surface area contributed by atoms with Gasteiger partial charge < -0.3 is 38.6 Å². The predicted molar refractivity (Wildman–Crippen MR) is 132 cm³/mol. The second-order valence-electron chi connectivity index (χ2n) is 7.90. The highest BCUT2D eigenvalue weighted by molar-refractivity contribution is 5.96. The Hall–Kier alpha value is -3.86. The van der Waals surface area contributed by atoms with E-state index in [1.807, 2.05) is 0 Å². The molecule has 36 heavy (non-hydrogen) atoms. The number of carbonyl (C=O) groups excluding carboxylic acids is 2. The molecule has 0 spiro atoms. The molecule has 2 aromatic carbocycles. The Labute approximate surface area is 210 Å². The first-order valence-electron chi connectivity index (χ1n) is 11.3. The smallest absolute Gasteiger partial charge is 0.254 e. The molecule has 1 fully saturated rings. The molecule has 1 aliphatic heterocycles. The van der Waals surface area contributed by atoms with Crippen molar-refractivity contribution in [3.8, 4) is 34.5 Å². The average Bonchev–Trinajstić information content (AvgIpc) is 2.93. The highest BCUT2D eigenvalue weighted by Gasteiger charge is 2.25. The molecule has 0 bridgehead atoms. The van der Waals surface area contributed by atoms with Crippen LogP contribution in [0.3, 0.4) is 0 Å². The van der Waals surface area contributed by atoms with Gasteiger partial charge in [-0.1, -0.05) is 0 Å². The molecule has 1 aliphatic rings. The van der Waals surface area contributed by atoms with Gasteiger partial charge in [-0.05, 0) is 24.3 Å². The Morgan fingerprint density at radius 1 is 0.667 bits per heavy atom. The summed E-state index contributed by atoms with van der Waals surface area (Å²) in [6, 6.07) is 6.50. The van der Waals surface area contributed by atoms with E-state index in [0.29, 0.717) is 78.5 Å². The summed E-state index contributed by atoms with van der Waals surface area (Å²) >= 11 is 0. The molecule has 3 rings (SSSR count). The van der Waals surface area contributed by atoms with E-state index in [4.69, 9.17) is 28.4 Å². The molecular weight excluding hydrogens is 470 g/mol. The highest BCUT2D eigenvalue weighted by atomic mass is 16.5. The lowest BCUT2D eigenvalue weighted by molar-refractivity contribution is 0.0613. The number of benzene rings is 2. The second kappa shape index (κ2) is 12.2. The van der Waals surface area contributed by atoms with Crippen LogP contribution >= 0.6 is 0 Å². The minimum atomic E-state index is -0.273. The van der Waals surface area contributed by atoms with Gasteiger partial charge >= 0.3 is 0 Å². The zero-order valence-corrected chi connectivity index (χ0v) is 21.5. The molecule has 0 aliphatic carbocycles. The van der Waals surface area contributed by atoms with Crippen LogP contribution in [0.5, 0.6) is 34.5 Å². The van der Waals surface area contributed by atoms with Crippen molar-refractivity contribution in [1.29, 1.82) is 0 Å². The number of hydrogen-bond donors (Lipinski definition) is 1. The fraction of sp³-hybridized carbons (Fsp3) is 0.440. The summed E-state index contributed by atoms with van der Waals surface area (Å²) in [7, 11) is 9.04. The van der Waals surface area contributed by atoms with Gasteiger partial charge in [0.05, 0.1) is 49.3 Å². The molecule has 1 N–H and O–H groups in total. The fourth-order valence-electron chi connectivity index (χ4n) is 3.99. The number of carbonyl (C=O) groups is 2. The van der Waals surface area contributed by atoms with Gasteiger partial charge in [0.15, 0.2) is 23.0 Å². The van der Waals surface area contributed by atoms with Gasteiger partial charge in [0.1, 0.15) is 0 Å². The summed E-state index contributed by atoms with van der Waals surface area (Å²) in [5, 5.41) is 2.91. The molecule has 2 aromatic rings. The Balaban J connectivity index is 1.60. The van der Waals surface area contributed by atoms with E-state index in [1.165, 1.54) is 42.7 Å². The van der Waals surface area contributed by atoms with E-state index in [1.54, 1.807) is 29.2 Å². The number of methoxy groups -OCH3 is 6. The molecule has 11 heteroatoms. The van der Waals surface area contributed by atoms with Gasteiger partial charge in [0.25, 0.3) is 11.8 Å². The molecule has 2 amide bonds. The molecule has 11 nitrogen and oxygen atoms in total. The van der Waals surface area contributed by atoms with Crippen molar-refractivity contribution in [3.63, 3.8) is 0 Å². The largest absolute Gasteiger partial charge is 0.493 e. The number of hydrogen-bond acceptors (Lipinski definition) is 9. The van der Waals surface area contributed by atoms with E-state index >= 15 is 0 Å². The van der Waals surface area contributed by atoms with Gasteiger partial charge in [-0.15, -0.1) is 0 Å². The number of rotatable bonds is 10. The summed E-state index contributed by atoms with van der Waals surface area (Å²) in [5.41, 5.74) is 0.842. The monoisotopic (exact) mass is 503 g/mol. The van der Waals surface area contributed by atoms with Gasteiger partial charge in [0.2, 0.25) is 11.5 Å². The summed E-state index contributed by atoms with van der Waals surface area (Å²) in [4.78, 5) is 29.7. The van der Waals surface area contributed by atoms with Crippen LogP contribution in [0.25, 0.3) is 0 Å². The van der Waals surface area contributed by atoms with E-state index in [9.17, 15) is 9.59 Å². The van der Waals surface area contributed by atoms with E-state index in [2.05, 4.69) is 10.2 Å². The summed E-state index contributed by atoms with van der Waals surface area (Å²) in [6.07, 6.45) is 0. The van der Waals surface area contributed by atoms with E-state index in [0.717, 1.165) is 0 Å². The Bertz CT molecular complexity index is 1030. The van der Waals surface area contributed by atoms with Gasteiger partial charge in [-0.2, -0.15) is 0 Å². The van der Waals surface area contributed by atoms with Gasteiger partial charge in [-0.3, -0.25) is 14.5 Å². The maximum absolute atomic E-state index is 13.1. The van der Waals surface area contributed by atoms with Crippen LogP contribution < -0.4 is 33.7 Å². The van der Waals surface area contributed by atoms with Crippen molar-refractivity contribution in [2.24, 2.45) is 0 Å². The first-order chi connectivity index (χ1) is 17.4.